The summed E-state index contributed by atoms with van der Waals surface area (Å²) in [7, 11) is 1.34. The molecule has 2 aromatic rings. The minimum atomic E-state index is -5.08. The van der Waals surface area contributed by atoms with Crippen LogP contribution in [0.1, 0.15) is 16.8 Å². The Bertz CT molecular complexity index is 1030. The maximum atomic E-state index is 12.6. The van der Waals surface area contributed by atoms with Gasteiger partial charge in [0, 0.05) is 18.8 Å². The highest BCUT2D eigenvalue weighted by atomic mass is 19.4. The molecular weight excluding hydrogens is 421 g/mol. The van der Waals surface area contributed by atoms with Crippen molar-refractivity contribution in [2.75, 3.05) is 19.0 Å². The standard InChI is InChI=1S/C17H18N4O3.C2HF3O2/c1-24-17(23)11-4-5-21-14(7-11)19-9-15(21)20-16(22)12-6-10-2-3-13(12)18-8-10;3-2(4,5)1(6)7/h2-5,7,9-10,12-13,18H,6,8H2,1H3,(H,20,22);(H,6,7). The van der Waals surface area contributed by atoms with Crippen LogP contribution in [-0.2, 0) is 14.3 Å². The molecule has 3 unspecified atom stereocenters. The fraction of sp³-hybridized carbons (Fsp3) is 0.368. The molecule has 3 aliphatic rings. The van der Waals surface area contributed by atoms with E-state index in [0.29, 0.717) is 22.9 Å². The second-order valence-corrected chi connectivity index (χ2v) is 6.99. The van der Waals surface area contributed by atoms with Gasteiger partial charge in [-0.3, -0.25) is 9.20 Å². The average molecular weight is 440 g/mol. The number of nitrogens with one attached hydrogen (secondary N) is 2. The number of alkyl halides is 3. The number of esters is 1. The highest BCUT2D eigenvalue weighted by molar-refractivity contribution is 5.94. The molecule has 2 bridgehead atoms. The number of carbonyl (C=O) groups is 3. The summed E-state index contributed by atoms with van der Waals surface area (Å²) in [5, 5.41) is 13.4. The summed E-state index contributed by atoms with van der Waals surface area (Å²) in [5.74, 6) is -2.24. The van der Waals surface area contributed by atoms with E-state index in [4.69, 9.17) is 14.6 Å². The molecule has 1 aliphatic carbocycles. The van der Waals surface area contributed by atoms with Crippen LogP contribution in [0, 0.1) is 11.8 Å². The van der Waals surface area contributed by atoms with E-state index in [-0.39, 0.29) is 17.9 Å². The second kappa shape index (κ2) is 8.76. The molecule has 9 nitrogen and oxygen atoms in total. The van der Waals surface area contributed by atoms with E-state index in [1.54, 1.807) is 28.9 Å². The number of carboxylic acid groups (broad SMARTS) is 1. The Kier molecular flexibility index (Phi) is 6.29. The highest BCUT2D eigenvalue weighted by Crippen LogP contribution is 2.29. The van der Waals surface area contributed by atoms with Gasteiger partial charge in [-0.25, -0.2) is 14.6 Å². The molecule has 1 fully saturated rings. The normalized spacial score (nSPS) is 21.9. The minimum absolute atomic E-state index is 0.0135. The first-order valence-electron chi connectivity index (χ1n) is 9.18. The number of methoxy groups -OCH3 is 1. The highest BCUT2D eigenvalue weighted by Gasteiger charge is 2.38. The van der Waals surface area contributed by atoms with Crippen LogP contribution in [-0.4, -0.2) is 58.2 Å². The number of nitrogens with zero attached hydrogens (tertiary/aromatic N) is 2. The summed E-state index contributed by atoms with van der Waals surface area (Å²) in [6.07, 6.45) is 3.35. The van der Waals surface area contributed by atoms with E-state index in [1.165, 1.54) is 7.11 Å². The van der Waals surface area contributed by atoms with Gasteiger partial charge in [0.05, 0.1) is 24.8 Å². The predicted octanol–water partition coefficient (Wildman–Crippen LogP) is 1.86. The maximum Gasteiger partial charge on any atom is 0.490 e. The molecule has 5 rings (SSSR count). The molecule has 1 saturated heterocycles. The minimum Gasteiger partial charge on any atom is -0.475 e. The van der Waals surface area contributed by atoms with Crippen molar-refractivity contribution in [1.29, 1.82) is 0 Å². The van der Waals surface area contributed by atoms with Gasteiger partial charge >= 0.3 is 18.1 Å². The van der Waals surface area contributed by atoms with E-state index < -0.39 is 18.1 Å². The number of carboxylic acids is 1. The molecular formula is C19H19F3N4O5. The fourth-order valence-corrected chi connectivity index (χ4v) is 3.42. The number of hydrogen-bond donors (Lipinski definition) is 3. The van der Waals surface area contributed by atoms with Crippen molar-refractivity contribution in [3.8, 4) is 0 Å². The number of aromatic nitrogens is 2. The second-order valence-electron chi connectivity index (χ2n) is 6.99. The van der Waals surface area contributed by atoms with Crippen LogP contribution in [0.4, 0.5) is 19.0 Å². The third-order valence-corrected chi connectivity index (χ3v) is 4.96. The molecule has 4 heterocycles. The predicted molar refractivity (Wildman–Crippen MR) is 101 cm³/mol. The number of anilines is 1. The first kappa shape index (κ1) is 22.3. The van der Waals surface area contributed by atoms with Gasteiger partial charge in [0.25, 0.3) is 0 Å². The number of imidazole rings is 1. The lowest BCUT2D eigenvalue weighted by atomic mass is 9.78. The zero-order valence-electron chi connectivity index (χ0n) is 16.2. The molecule has 12 heteroatoms. The molecule has 31 heavy (non-hydrogen) atoms. The Morgan fingerprint density at radius 1 is 1.32 bits per heavy atom. The van der Waals surface area contributed by atoms with Crippen molar-refractivity contribution in [1.82, 2.24) is 14.7 Å². The number of rotatable bonds is 3. The van der Waals surface area contributed by atoms with Gasteiger partial charge in [0.1, 0.15) is 11.5 Å². The van der Waals surface area contributed by atoms with E-state index in [1.807, 2.05) is 0 Å². The molecule has 0 saturated carbocycles. The lowest BCUT2D eigenvalue weighted by molar-refractivity contribution is -0.192. The number of hydrogen-bond acceptors (Lipinski definition) is 6. The molecule has 0 radical (unpaired) electrons. The maximum absolute atomic E-state index is 12.6. The van der Waals surface area contributed by atoms with Crippen molar-refractivity contribution in [2.45, 2.75) is 18.6 Å². The van der Waals surface area contributed by atoms with Crippen molar-refractivity contribution in [3.05, 3.63) is 42.2 Å². The number of pyridine rings is 1. The smallest absolute Gasteiger partial charge is 0.475 e. The van der Waals surface area contributed by atoms with Crippen LogP contribution in [0.2, 0.25) is 0 Å². The van der Waals surface area contributed by atoms with Crippen molar-refractivity contribution in [3.63, 3.8) is 0 Å². The van der Waals surface area contributed by atoms with E-state index in [2.05, 4.69) is 27.8 Å². The van der Waals surface area contributed by atoms with Gasteiger partial charge in [0.15, 0.2) is 0 Å². The first-order chi connectivity index (χ1) is 14.6. The fourth-order valence-electron chi connectivity index (χ4n) is 3.42. The summed E-state index contributed by atoms with van der Waals surface area (Å²) in [6, 6.07) is 3.37. The number of amides is 1. The molecule has 3 atom stereocenters. The Morgan fingerprint density at radius 2 is 2.03 bits per heavy atom. The van der Waals surface area contributed by atoms with Gasteiger partial charge in [-0.05, 0) is 24.5 Å². The molecule has 2 aliphatic heterocycles. The molecule has 0 aromatic carbocycles. The summed E-state index contributed by atoms with van der Waals surface area (Å²) < 4.78 is 38.2. The average Bonchev–Trinajstić information content (AvgIpc) is 3.15. The molecule has 2 aromatic heterocycles. The van der Waals surface area contributed by atoms with E-state index in [0.717, 1.165) is 13.0 Å². The zero-order chi connectivity index (χ0) is 22.8. The van der Waals surface area contributed by atoms with Crippen molar-refractivity contribution >= 4 is 29.3 Å². The molecule has 1 amide bonds. The largest absolute Gasteiger partial charge is 0.490 e. The van der Waals surface area contributed by atoms with Gasteiger partial charge in [0.2, 0.25) is 5.91 Å². The number of piperidine rings is 1. The Labute approximate surface area is 173 Å². The number of carbonyl (C=O) groups excluding carboxylic acids is 2. The summed E-state index contributed by atoms with van der Waals surface area (Å²) in [4.78, 5) is 37.3. The number of ether oxygens (including phenoxy) is 1. The van der Waals surface area contributed by atoms with Crippen LogP contribution in [0.3, 0.4) is 0 Å². The topological polar surface area (TPSA) is 122 Å². The lowest BCUT2D eigenvalue weighted by Gasteiger charge is -2.37. The van der Waals surface area contributed by atoms with Gasteiger partial charge in [-0.2, -0.15) is 13.2 Å². The Morgan fingerprint density at radius 3 is 2.55 bits per heavy atom. The molecule has 166 valence electrons. The third kappa shape index (κ3) is 5.02. The van der Waals surface area contributed by atoms with E-state index >= 15 is 0 Å². The van der Waals surface area contributed by atoms with Crippen LogP contribution < -0.4 is 10.6 Å². The number of fused-ring (bicyclic) bond motifs is 3. The Hall–Kier alpha value is -3.41. The zero-order valence-corrected chi connectivity index (χ0v) is 16.2. The van der Waals surface area contributed by atoms with Gasteiger partial charge in [-0.15, -0.1) is 0 Å². The Balaban J connectivity index is 0.000000339. The molecule has 3 N–H and O–H groups in total. The molecule has 0 spiro atoms. The number of halogens is 3. The SMILES string of the molecule is COC(=O)c1ccn2c(NC(=O)C3CC4C=CC3NC4)cnc2c1.O=C(O)C(F)(F)F. The van der Waals surface area contributed by atoms with Crippen LogP contribution >= 0.6 is 0 Å². The lowest BCUT2D eigenvalue weighted by Crippen LogP contribution is -2.51. The van der Waals surface area contributed by atoms with Gasteiger partial charge in [-0.1, -0.05) is 12.2 Å². The summed E-state index contributed by atoms with van der Waals surface area (Å²) in [5.41, 5.74) is 1.00. The van der Waals surface area contributed by atoms with Crippen molar-refractivity contribution in [2.24, 2.45) is 11.8 Å². The summed E-state index contributed by atoms with van der Waals surface area (Å²) in [6.45, 7) is 0.941. The van der Waals surface area contributed by atoms with Crippen LogP contribution in [0.15, 0.2) is 36.7 Å². The quantitative estimate of drug-likeness (QED) is 0.492. The van der Waals surface area contributed by atoms with Gasteiger partial charge < -0.3 is 20.5 Å². The first-order valence-corrected chi connectivity index (χ1v) is 9.18. The van der Waals surface area contributed by atoms with Crippen molar-refractivity contribution < 1.29 is 37.4 Å². The summed E-state index contributed by atoms with van der Waals surface area (Å²) >= 11 is 0. The van der Waals surface area contributed by atoms with Crippen LogP contribution in [0.5, 0.6) is 0 Å². The van der Waals surface area contributed by atoms with Crippen LogP contribution in [0.25, 0.3) is 5.65 Å². The van der Waals surface area contributed by atoms with E-state index in [9.17, 15) is 22.8 Å². The third-order valence-electron chi connectivity index (χ3n) is 4.96. The monoisotopic (exact) mass is 440 g/mol. The number of aliphatic carboxylic acids is 1.